The van der Waals surface area contributed by atoms with Gasteiger partial charge in [-0.05, 0) is 18.2 Å². The quantitative estimate of drug-likeness (QED) is 0.401. The van der Waals surface area contributed by atoms with E-state index >= 15 is 0 Å². The van der Waals surface area contributed by atoms with Gasteiger partial charge >= 0.3 is 0 Å². The van der Waals surface area contributed by atoms with Gasteiger partial charge in [-0.2, -0.15) is 0 Å². The van der Waals surface area contributed by atoms with Crippen LogP contribution in [0.25, 0.3) is 0 Å². The Morgan fingerprint density at radius 3 is 2.73 bits per heavy atom. The zero-order valence-electron chi connectivity index (χ0n) is 5.67. The molecule has 11 heavy (non-hydrogen) atoms. The standard InChI is InChI=1S/C7H7ClN2O/c8-6-1-5(4-11)2-7(3-6)10-9/h1-4,10H,9H2. The summed E-state index contributed by atoms with van der Waals surface area (Å²) >= 11 is 5.65. The van der Waals surface area contributed by atoms with E-state index in [-0.39, 0.29) is 0 Å². The monoisotopic (exact) mass is 170 g/mol. The number of hydrogen-bond donors (Lipinski definition) is 2. The van der Waals surface area contributed by atoms with E-state index in [1.54, 1.807) is 18.2 Å². The van der Waals surface area contributed by atoms with Crippen LogP contribution in [0, 0.1) is 0 Å². The van der Waals surface area contributed by atoms with E-state index in [0.29, 0.717) is 22.6 Å². The maximum Gasteiger partial charge on any atom is 0.150 e. The summed E-state index contributed by atoms with van der Waals surface area (Å²) in [5, 5.41) is 0.488. The second-order valence-corrected chi connectivity index (χ2v) is 2.47. The summed E-state index contributed by atoms with van der Waals surface area (Å²) in [6.07, 6.45) is 0.715. The van der Waals surface area contributed by atoms with Crippen LogP contribution in [0.5, 0.6) is 0 Å². The number of nitrogens with one attached hydrogen (secondary N) is 1. The van der Waals surface area contributed by atoms with E-state index < -0.39 is 0 Å². The van der Waals surface area contributed by atoms with Crippen LogP contribution < -0.4 is 11.3 Å². The van der Waals surface area contributed by atoms with E-state index in [9.17, 15) is 4.79 Å². The van der Waals surface area contributed by atoms with Gasteiger partial charge in [0.2, 0.25) is 0 Å². The molecule has 4 heteroatoms. The molecule has 0 aromatic heterocycles. The van der Waals surface area contributed by atoms with Gasteiger partial charge in [-0.3, -0.25) is 10.6 Å². The molecule has 0 aliphatic rings. The van der Waals surface area contributed by atoms with Crippen LogP contribution in [0.15, 0.2) is 18.2 Å². The fourth-order valence-corrected chi connectivity index (χ4v) is 1.01. The highest BCUT2D eigenvalue weighted by Crippen LogP contribution is 2.16. The summed E-state index contributed by atoms with van der Waals surface area (Å²) in [7, 11) is 0. The Balaban J connectivity index is 3.11. The normalized spacial score (nSPS) is 9.27. The molecule has 0 radical (unpaired) electrons. The smallest absolute Gasteiger partial charge is 0.150 e. The minimum Gasteiger partial charge on any atom is -0.324 e. The van der Waals surface area contributed by atoms with Crippen molar-refractivity contribution in [1.82, 2.24) is 0 Å². The fourth-order valence-electron chi connectivity index (χ4n) is 0.764. The van der Waals surface area contributed by atoms with E-state index in [2.05, 4.69) is 5.43 Å². The van der Waals surface area contributed by atoms with E-state index in [0.717, 1.165) is 0 Å². The first kappa shape index (κ1) is 8.04. The van der Waals surface area contributed by atoms with Crippen molar-refractivity contribution in [3.63, 3.8) is 0 Å². The molecule has 0 atom stereocenters. The Labute approximate surface area is 69.1 Å². The Kier molecular flexibility index (Phi) is 2.46. The van der Waals surface area contributed by atoms with Crippen molar-refractivity contribution >= 4 is 23.6 Å². The molecule has 0 spiro atoms. The lowest BCUT2D eigenvalue weighted by Crippen LogP contribution is -2.06. The van der Waals surface area contributed by atoms with E-state index in [1.165, 1.54) is 0 Å². The number of nitrogen functional groups attached to an aromatic ring is 1. The molecule has 58 valence electrons. The van der Waals surface area contributed by atoms with Crippen molar-refractivity contribution in [2.45, 2.75) is 0 Å². The van der Waals surface area contributed by atoms with Crippen molar-refractivity contribution in [1.29, 1.82) is 0 Å². The lowest BCUT2D eigenvalue weighted by atomic mass is 10.2. The van der Waals surface area contributed by atoms with E-state index in [4.69, 9.17) is 17.4 Å². The SMILES string of the molecule is NNc1cc(Cl)cc(C=O)c1. The molecular formula is C7H7ClN2O. The first-order valence-electron chi connectivity index (χ1n) is 2.98. The summed E-state index contributed by atoms with van der Waals surface area (Å²) in [5.74, 6) is 5.12. The molecule has 0 fully saturated rings. The molecule has 0 unspecified atom stereocenters. The van der Waals surface area contributed by atoms with Crippen LogP contribution in [0.1, 0.15) is 10.4 Å². The number of nitrogens with two attached hydrogens (primary N) is 1. The van der Waals surface area contributed by atoms with Gasteiger partial charge in [0.1, 0.15) is 6.29 Å². The van der Waals surface area contributed by atoms with Crippen molar-refractivity contribution < 1.29 is 4.79 Å². The third-order valence-corrected chi connectivity index (χ3v) is 1.44. The number of hydrogen-bond acceptors (Lipinski definition) is 3. The summed E-state index contributed by atoms with van der Waals surface area (Å²) in [6.45, 7) is 0. The molecule has 0 saturated carbocycles. The highest BCUT2D eigenvalue weighted by molar-refractivity contribution is 6.31. The molecule has 3 N–H and O–H groups in total. The van der Waals surface area contributed by atoms with Gasteiger partial charge in [0.05, 0.1) is 5.69 Å². The second kappa shape index (κ2) is 3.37. The van der Waals surface area contributed by atoms with Crippen LogP contribution in [-0.2, 0) is 0 Å². The van der Waals surface area contributed by atoms with Crippen molar-refractivity contribution in [2.75, 3.05) is 5.43 Å². The molecule has 1 aromatic carbocycles. The Hall–Kier alpha value is -1.06. The summed E-state index contributed by atoms with van der Waals surface area (Å²) in [4.78, 5) is 10.3. The largest absolute Gasteiger partial charge is 0.324 e. The van der Waals surface area contributed by atoms with Crippen LogP contribution >= 0.6 is 11.6 Å². The molecule has 0 aliphatic heterocycles. The predicted molar refractivity (Wildman–Crippen MR) is 44.6 cm³/mol. The van der Waals surface area contributed by atoms with Crippen LogP contribution in [0.4, 0.5) is 5.69 Å². The molecule has 0 saturated heterocycles. The van der Waals surface area contributed by atoms with Gasteiger partial charge in [-0.1, -0.05) is 11.6 Å². The van der Waals surface area contributed by atoms with Gasteiger partial charge in [-0.15, -0.1) is 0 Å². The van der Waals surface area contributed by atoms with Gasteiger partial charge in [-0.25, -0.2) is 0 Å². The number of rotatable bonds is 2. The molecular weight excluding hydrogens is 164 g/mol. The number of halogens is 1. The van der Waals surface area contributed by atoms with Crippen LogP contribution in [0.2, 0.25) is 5.02 Å². The number of benzene rings is 1. The average molecular weight is 171 g/mol. The van der Waals surface area contributed by atoms with Gasteiger partial charge < -0.3 is 5.43 Å². The third-order valence-electron chi connectivity index (χ3n) is 1.22. The van der Waals surface area contributed by atoms with E-state index in [1.807, 2.05) is 0 Å². The molecule has 1 rings (SSSR count). The third kappa shape index (κ3) is 1.93. The fraction of sp³-hybridized carbons (Fsp3) is 0. The highest BCUT2D eigenvalue weighted by Gasteiger charge is 1.95. The molecule has 3 nitrogen and oxygen atoms in total. The molecule has 0 bridgehead atoms. The summed E-state index contributed by atoms with van der Waals surface area (Å²) in [5.41, 5.74) is 3.53. The van der Waals surface area contributed by atoms with Gasteiger partial charge in [0.25, 0.3) is 0 Å². The van der Waals surface area contributed by atoms with Crippen LogP contribution in [0.3, 0.4) is 0 Å². The first-order valence-corrected chi connectivity index (χ1v) is 3.36. The Morgan fingerprint density at radius 1 is 1.45 bits per heavy atom. The predicted octanol–water partition coefficient (Wildman–Crippen LogP) is 1.44. The topological polar surface area (TPSA) is 55.1 Å². The number of aldehydes is 1. The molecule has 0 aliphatic carbocycles. The maximum absolute atomic E-state index is 10.3. The lowest BCUT2D eigenvalue weighted by molar-refractivity contribution is 0.112. The highest BCUT2D eigenvalue weighted by atomic mass is 35.5. The maximum atomic E-state index is 10.3. The van der Waals surface area contributed by atoms with Crippen molar-refractivity contribution in [2.24, 2.45) is 5.84 Å². The molecule has 0 amide bonds. The minimum atomic E-state index is 0.488. The number of anilines is 1. The average Bonchev–Trinajstić information content (AvgIpc) is 2.03. The lowest BCUT2D eigenvalue weighted by Gasteiger charge is -2.00. The minimum absolute atomic E-state index is 0.488. The zero-order valence-corrected chi connectivity index (χ0v) is 6.43. The van der Waals surface area contributed by atoms with Crippen molar-refractivity contribution in [3.8, 4) is 0 Å². The second-order valence-electron chi connectivity index (χ2n) is 2.04. The number of carbonyl (C=O) groups is 1. The number of carbonyl (C=O) groups excluding carboxylic acids is 1. The van der Waals surface area contributed by atoms with Gasteiger partial charge in [0.15, 0.2) is 0 Å². The Morgan fingerprint density at radius 2 is 2.18 bits per heavy atom. The molecule has 0 heterocycles. The number of hydrazine groups is 1. The zero-order chi connectivity index (χ0) is 8.27. The Bertz CT molecular complexity index is 275. The van der Waals surface area contributed by atoms with Gasteiger partial charge in [0, 0.05) is 10.6 Å². The molecule has 1 aromatic rings. The summed E-state index contributed by atoms with van der Waals surface area (Å²) in [6, 6.07) is 4.81. The van der Waals surface area contributed by atoms with Crippen molar-refractivity contribution in [3.05, 3.63) is 28.8 Å². The van der Waals surface area contributed by atoms with Crippen LogP contribution in [-0.4, -0.2) is 6.29 Å². The summed E-state index contributed by atoms with van der Waals surface area (Å²) < 4.78 is 0. The first-order chi connectivity index (χ1) is 5.26.